The number of hydrogen-bond donors (Lipinski definition) is 2. The van der Waals surface area contributed by atoms with E-state index in [2.05, 4.69) is 30.7 Å². The molecule has 0 atom stereocenters. The molecule has 0 aliphatic carbocycles. The van der Waals surface area contributed by atoms with Gasteiger partial charge in [0.15, 0.2) is 5.96 Å². The molecule has 0 unspecified atom stereocenters. The zero-order valence-corrected chi connectivity index (χ0v) is 14.1. The number of benzene rings is 1. The highest BCUT2D eigenvalue weighted by molar-refractivity contribution is 9.10. The lowest BCUT2D eigenvalue weighted by atomic mass is 10.3. The molecule has 1 saturated heterocycles. The van der Waals surface area contributed by atoms with Gasteiger partial charge in [0.05, 0.1) is 16.7 Å². The minimum absolute atomic E-state index is 0.00462. The average molecular weight is 430 g/mol. The summed E-state index contributed by atoms with van der Waals surface area (Å²) in [5, 5.41) is 0. The first-order valence-electron chi connectivity index (χ1n) is 6.82. The Labute approximate surface area is 147 Å². The van der Waals surface area contributed by atoms with Gasteiger partial charge in [-0.3, -0.25) is 0 Å². The minimum Gasteiger partial charge on any atom is -0.405 e. The fourth-order valence-corrected chi connectivity index (χ4v) is 2.49. The van der Waals surface area contributed by atoms with E-state index in [1.54, 1.807) is 0 Å². The van der Waals surface area contributed by atoms with Crippen molar-refractivity contribution >= 4 is 33.5 Å². The lowest BCUT2D eigenvalue weighted by Crippen LogP contribution is -2.38. The summed E-state index contributed by atoms with van der Waals surface area (Å²) in [5.41, 5.74) is 11.3. The summed E-state index contributed by atoms with van der Waals surface area (Å²) in [4.78, 5) is 8.74. The van der Waals surface area contributed by atoms with Gasteiger partial charge in [0.25, 0.3) is 5.92 Å². The average Bonchev–Trinajstić information content (AvgIpc) is 2.81. The maximum Gasteiger partial charge on any atom is 0.573 e. The Morgan fingerprint density at radius 3 is 2.48 bits per heavy atom. The van der Waals surface area contributed by atoms with Crippen LogP contribution in [0.1, 0.15) is 6.42 Å². The fourth-order valence-electron chi connectivity index (χ4n) is 2.04. The smallest absolute Gasteiger partial charge is 0.405 e. The Balaban J connectivity index is 2.11. The van der Waals surface area contributed by atoms with Crippen LogP contribution in [0.4, 0.5) is 27.6 Å². The monoisotopic (exact) mass is 429 g/mol. The maximum atomic E-state index is 13.1. The molecule has 1 fully saturated rings. The van der Waals surface area contributed by atoms with E-state index in [1.165, 1.54) is 17.0 Å². The highest BCUT2D eigenvalue weighted by Gasteiger charge is 2.39. The van der Waals surface area contributed by atoms with Crippen LogP contribution in [-0.2, 0) is 0 Å². The van der Waals surface area contributed by atoms with Crippen molar-refractivity contribution in [2.75, 3.05) is 13.1 Å². The number of guanidine groups is 2. The molecule has 25 heavy (non-hydrogen) atoms. The molecule has 0 saturated carbocycles. The minimum atomic E-state index is -4.83. The second kappa shape index (κ2) is 7.02. The molecule has 1 aliphatic rings. The van der Waals surface area contributed by atoms with Crippen LogP contribution >= 0.6 is 15.9 Å². The predicted molar refractivity (Wildman–Crippen MR) is 84.9 cm³/mol. The SMILES string of the molecule is NC(=Nc1ccc(OC(F)(F)F)c(Br)c1)N=C(N)N1CCC(F)(F)C1. The van der Waals surface area contributed by atoms with E-state index in [0.29, 0.717) is 0 Å². The van der Waals surface area contributed by atoms with Crippen molar-refractivity contribution in [2.45, 2.75) is 18.7 Å². The van der Waals surface area contributed by atoms with E-state index in [-0.39, 0.29) is 35.0 Å². The Morgan fingerprint density at radius 2 is 1.96 bits per heavy atom. The quantitative estimate of drug-likeness (QED) is 0.429. The Kier molecular flexibility index (Phi) is 5.40. The van der Waals surface area contributed by atoms with Gasteiger partial charge in [-0.05, 0) is 34.1 Å². The van der Waals surface area contributed by atoms with Crippen molar-refractivity contribution < 1.29 is 26.7 Å². The molecule has 1 aromatic rings. The van der Waals surface area contributed by atoms with Crippen LogP contribution < -0.4 is 16.2 Å². The molecule has 1 heterocycles. The van der Waals surface area contributed by atoms with E-state index in [4.69, 9.17) is 11.5 Å². The Morgan fingerprint density at radius 1 is 1.28 bits per heavy atom. The van der Waals surface area contributed by atoms with Crippen molar-refractivity contribution in [3.63, 3.8) is 0 Å². The van der Waals surface area contributed by atoms with E-state index in [0.717, 1.165) is 6.07 Å². The van der Waals surface area contributed by atoms with E-state index in [9.17, 15) is 22.0 Å². The number of alkyl halides is 5. The van der Waals surface area contributed by atoms with Gasteiger partial charge in [-0.25, -0.2) is 13.8 Å². The van der Waals surface area contributed by atoms with E-state index < -0.39 is 24.6 Å². The van der Waals surface area contributed by atoms with Crippen molar-refractivity contribution in [3.05, 3.63) is 22.7 Å². The third-order valence-electron chi connectivity index (χ3n) is 3.11. The second-order valence-corrected chi connectivity index (χ2v) is 5.98. The molecule has 0 radical (unpaired) electrons. The molecule has 0 spiro atoms. The standard InChI is InChI=1S/C13H13BrF5N5O/c14-8-5-7(1-2-9(8)25-13(17,18)19)22-10(20)23-11(21)24-4-3-12(15,16)6-24/h1-2,5H,3-4,6H2,(H4,20,21,22,23). The third kappa shape index (κ3) is 5.73. The predicted octanol–water partition coefficient (Wildman–Crippen LogP) is 2.95. The first-order chi connectivity index (χ1) is 11.5. The first kappa shape index (κ1) is 19.2. The normalized spacial score (nSPS) is 18.6. The van der Waals surface area contributed by atoms with E-state index >= 15 is 0 Å². The summed E-state index contributed by atoms with van der Waals surface area (Å²) >= 11 is 2.92. The van der Waals surface area contributed by atoms with Crippen LogP contribution in [-0.4, -0.2) is 42.2 Å². The van der Waals surface area contributed by atoms with Gasteiger partial charge < -0.3 is 21.1 Å². The number of likely N-dealkylation sites (tertiary alicyclic amines) is 1. The summed E-state index contributed by atoms with van der Waals surface area (Å²) in [5.74, 6) is -3.84. The Bertz CT molecular complexity index is 707. The van der Waals surface area contributed by atoms with Gasteiger partial charge in [0.2, 0.25) is 5.96 Å². The maximum absolute atomic E-state index is 13.1. The molecule has 1 aliphatic heterocycles. The van der Waals surface area contributed by atoms with Crippen LogP contribution in [0.25, 0.3) is 0 Å². The largest absolute Gasteiger partial charge is 0.573 e. The molecule has 1 aromatic carbocycles. The third-order valence-corrected chi connectivity index (χ3v) is 3.73. The summed E-state index contributed by atoms with van der Waals surface area (Å²) < 4.78 is 66.6. The molecule has 0 aromatic heterocycles. The van der Waals surface area contributed by atoms with Crippen LogP contribution in [0.3, 0.4) is 0 Å². The number of halogens is 6. The van der Waals surface area contributed by atoms with Gasteiger partial charge >= 0.3 is 6.36 Å². The Hall–Kier alpha value is -2.11. The number of ether oxygens (including phenoxy) is 1. The highest BCUT2D eigenvalue weighted by Crippen LogP contribution is 2.33. The van der Waals surface area contributed by atoms with Crippen LogP contribution in [0.15, 0.2) is 32.7 Å². The van der Waals surface area contributed by atoms with Crippen molar-refractivity contribution in [3.8, 4) is 5.75 Å². The van der Waals surface area contributed by atoms with Gasteiger partial charge in [0.1, 0.15) is 5.75 Å². The number of nitrogens with two attached hydrogens (primary N) is 2. The molecule has 138 valence electrons. The molecule has 12 heteroatoms. The molecule has 0 amide bonds. The zero-order chi connectivity index (χ0) is 18.8. The van der Waals surface area contributed by atoms with Crippen LogP contribution in [0.5, 0.6) is 5.75 Å². The zero-order valence-electron chi connectivity index (χ0n) is 12.5. The van der Waals surface area contributed by atoms with Gasteiger partial charge in [-0.15, -0.1) is 13.2 Å². The summed E-state index contributed by atoms with van der Waals surface area (Å²) in [6, 6.07) is 3.48. The number of hydrogen-bond acceptors (Lipinski definition) is 2. The van der Waals surface area contributed by atoms with Gasteiger partial charge in [0, 0.05) is 13.0 Å². The van der Waals surface area contributed by atoms with Crippen molar-refractivity contribution in [1.29, 1.82) is 0 Å². The number of nitrogens with zero attached hydrogens (tertiary/aromatic N) is 3. The summed E-state index contributed by atoms with van der Waals surface area (Å²) in [6.45, 7) is -0.532. The topological polar surface area (TPSA) is 89.2 Å². The lowest BCUT2D eigenvalue weighted by molar-refractivity contribution is -0.274. The van der Waals surface area contributed by atoms with Crippen LogP contribution in [0, 0.1) is 0 Å². The van der Waals surface area contributed by atoms with Crippen molar-refractivity contribution in [1.82, 2.24) is 4.90 Å². The van der Waals surface area contributed by atoms with Crippen LogP contribution in [0.2, 0.25) is 0 Å². The molecule has 2 rings (SSSR count). The van der Waals surface area contributed by atoms with Crippen molar-refractivity contribution in [2.24, 2.45) is 21.5 Å². The second-order valence-electron chi connectivity index (χ2n) is 5.13. The molecular formula is C13H13BrF5N5O. The number of rotatable bonds is 2. The number of aliphatic imine (C=N–C) groups is 2. The highest BCUT2D eigenvalue weighted by atomic mass is 79.9. The van der Waals surface area contributed by atoms with Gasteiger partial charge in [-0.1, -0.05) is 0 Å². The summed E-state index contributed by atoms with van der Waals surface area (Å²) in [6.07, 6.45) is -5.17. The van der Waals surface area contributed by atoms with E-state index in [1.807, 2.05) is 0 Å². The van der Waals surface area contributed by atoms with Gasteiger partial charge in [-0.2, -0.15) is 4.99 Å². The molecule has 4 N–H and O–H groups in total. The molecule has 0 bridgehead atoms. The molecular weight excluding hydrogens is 417 g/mol. The molecule has 6 nitrogen and oxygen atoms in total. The lowest BCUT2D eigenvalue weighted by Gasteiger charge is -2.16. The summed E-state index contributed by atoms with van der Waals surface area (Å²) in [7, 11) is 0. The first-order valence-corrected chi connectivity index (χ1v) is 7.61. The fraction of sp³-hybridized carbons (Fsp3) is 0.385.